The van der Waals surface area contributed by atoms with Gasteiger partial charge >= 0.3 is 0 Å². The molecule has 0 aromatic heterocycles. The molecule has 0 bridgehead atoms. The summed E-state index contributed by atoms with van der Waals surface area (Å²) < 4.78 is 25.0. The van der Waals surface area contributed by atoms with Gasteiger partial charge in [-0.25, -0.2) is 8.78 Å². The molecule has 1 nitrogen and oxygen atoms in total. The van der Waals surface area contributed by atoms with E-state index in [4.69, 9.17) is 5.73 Å². The van der Waals surface area contributed by atoms with Gasteiger partial charge < -0.3 is 5.73 Å². The van der Waals surface area contributed by atoms with E-state index < -0.39 is 11.6 Å². The zero-order valence-corrected chi connectivity index (χ0v) is 7.42. The highest BCUT2D eigenvalue weighted by Crippen LogP contribution is 2.13. The Morgan fingerprint density at radius 2 is 1.75 bits per heavy atom. The maximum atomic E-state index is 12.5. The summed E-state index contributed by atoms with van der Waals surface area (Å²) in [5.74, 6) is -1.66. The van der Waals surface area contributed by atoms with Gasteiger partial charge in [0.05, 0.1) is 0 Å². The predicted octanol–water partition coefficient (Wildman–Crippen LogP) is 2.15. The van der Waals surface area contributed by atoms with Crippen molar-refractivity contribution in [3.05, 3.63) is 34.9 Å². The fourth-order valence-electron chi connectivity index (χ4n) is 0.907. The van der Waals surface area contributed by atoms with Crippen molar-refractivity contribution in [2.45, 2.75) is 13.5 Å². The van der Waals surface area contributed by atoms with Crippen LogP contribution < -0.4 is 5.73 Å². The van der Waals surface area contributed by atoms with E-state index in [9.17, 15) is 8.78 Å². The van der Waals surface area contributed by atoms with Gasteiger partial charge in [0, 0.05) is 6.54 Å². The first kappa shape index (κ1) is 11.3. The van der Waals surface area contributed by atoms with Crippen molar-refractivity contribution in [2.24, 2.45) is 5.73 Å². The summed E-state index contributed by atoms with van der Waals surface area (Å²) in [6, 6.07) is 2.28. The molecule has 0 aliphatic carbocycles. The summed E-state index contributed by atoms with van der Waals surface area (Å²) in [6.45, 7) is 1.94. The third-order valence-corrected chi connectivity index (χ3v) is 1.60. The average molecular weight is 194 g/mol. The smallest absolute Gasteiger partial charge is 0.159 e. The van der Waals surface area contributed by atoms with Crippen LogP contribution in [0.4, 0.5) is 8.78 Å². The predicted molar refractivity (Wildman–Crippen MR) is 46.2 cm³/mol. The van der Waals surface area contributed by atoms with Gasteiger partial charge in [0.2, 0.25) is 0 Å². The normalized spacial score (nSPS) is 9.33. The van der Waals surface area contributed by atoms with E-state index in [-0.39, 0.29) is 19.0 Å². The molecule has 0 amide bonds. The zero-order valence-electron chi connectivity index (χ0n) is 6.60. The van der Waals surface area contributed by atoms with Gasteiger partial charge in [0.25, 0.3) is 0 Å². The highest BCUT2D eigenvalue weighted by molar-refractivity contribution is 5.85. The summed E-state index contributed by atoms with van der Waals surface area (Å²) in [5.41, 5.74) is 6.61. The maximum Gasteiger partial charge on any atom is 0.159 e. The van der Waals surface area contributed by atoms with Gasteiger partial charge in [-0.15, -0.1) is 12.4 Å². The number of nitrogens with two attached hydrogens (primary N) is 1. The molecule has 0 saturated heterocycles. The monoisotopic (exact) mass is 193 g/mol. The van der Waals surface area contributed by atoms with Crippen LogP contribution in [-0.2, 0) is 6.54 Å². The molecule has 1 rings (SSSR count). The highest BCUT2D eigenvalue weighted by atomic mass is 35.5. The molecule has 0 radical (unpaired) electrons. The first-order chi connectivity index (χ1) is 5.15. The molecule has 0 saturated carbocycles. The van der Waals surface area contributed by atoms with Crippen LogP contribution in [0.2, 0.25) is 0 Å². The number of benzene rings is 1. The van der Waals surface area contributed by atoms with E-state index in [1.54, 1.807) is 6.92 Å². The molecular weight excluding hydrogens is 184 g/mol. The molecule has 0 aliphatic rings. The molecule has 12 heavy (non-hydrogen) atoms. The molecule has 0 heterocycles. The quantitative estimate of drug-likeness (QED) is 0.727. The van der Waals surface area contributed by atoms with Gasteiger partial charge in [-0.3, -0.25) is 0 Å². The number of hydrogen-bond acceptors (Lipinski definition) is 1. The van der Waals surface area contributed by atoms with Gasteiger partial charge in [0.1, 0.15) is 0 Å². The Hall–Kier alpha value is -0.670. The van der Waals surface area contributed by atoms with Crippen LogP contribution in [0.1, 0.15) is 11.1 Å². The average Bonchev–Trinajstić information content (AvgIpc) is 1.97. The Bertz CT molecular complexity index is 276. The van der Waals surface area contributed by atoms with Crippen molar-refractivity contribution < 1.29 is 8.78 Å². The second-order valence-corrected chi connectivity index (χ2v) is 2.40. The van der Waals surface area contributed by atoms with Gasteiger partial charge in [-0.2, -0.15) is 0 Å². The second-order valence-electron chi connectivity index (χ2n) is 2.40. The Labute approximate surface area is 76.0 Å². The molecular formula is C8H10ClF2N. The van der Waals surface area contributed by atoms with E-state index in [0.717, 1.165) is 12.1 Å². The van der Waals surface area contributed by atoms with Crippen molar-refractivity contribution in [1.82, 2.24) is 0 Å². The van der Waals surface area contributed by atoms with Gasteiger partial charge in [0.15, 0.2) is 11.6 Å². The van der Waals surface area contributed by atoms with Crippen molar-refractivity contribution >= 4 is 12.4 Å². The number of halogens is 3. The minimum Gasteiger partial charge on any atom is -0.326 e. The maximum absolute atomic E-state index is 12.5. The standard InChI is InChI=1S/C8H9F2N.ClH/c1-5-2-7(9)8(10)3-6(5)4-11;/h2-3H,4,11H2,1H3;1H. The Morgan fingerprint density at radius 3 is 2.25 bits per heavy atom. The molecule has 68 valence electrons. The number of hydrogen-bond donors (Lipinski definition) is 1. The first-order valence-electron chi connectivity index (χ1n) is 3.29. The molecule has 1 aromatic carbocycles. The minimum absolute atomic E-state index is 0. The Balaban J connectivity index is 0.00000121. The van der Waals surface area contributed by atoms with E-state index in [1.807, 2.05) is 0 Å². The lowest BCUT2D eigenvalue weighted by Crippen LogP contribution is -2.01. The van der Waals surface area contributed by atoms with Crippen molar-refractivity contribution in [1.29, 1.82) is 0 Å². The van der Waals surface area contributed by atoms with Crippen LogP contribution in [0.25, 0.3) is 0 Å². The molecule has 1 aromatic rings. The van der Waals surface area contributed by atoms with Crippen LogP contribution in [0.3, 0.4) is 0 Å². The lowest BCUT2D eigenvalue weighted by atomic mass is 10.1. The SMILES string of the molecule is Cc1cc(F)c(F)cc1CN.Cl. The highest BCUT2D eigenvalue weighted by Gasteiger charge is 2.04. The Kier molecular flexibility index (Phi) is 4.13. The first-order valence-corrected chi connectivity index (χ1v) is 3.29. The van der Waals surface area contributed by atoms with Crippen LogP contribution in [-0.4, -0.2) is 0 Å². The summed E-state index contributed by atoms with van der Waals surface area (Å²) in [5, 5.41) is 0. The molecule has 2 N–H and O–H groups in total. The third-order valence-electron chi connectivity index (χ3n) is 1.60. The largest absolute Gasteiger partial charge is 0.326 e. The van der Waals surface area contributed by atoms with E-state index in [1.165, 1.54) is 0 Å². The van der Waals surface area contributed by atoms with E-state index in [0.29, 0.717) is 11.1 Å². The molecule has 0 spiro atoms. The van der Waals surface area contributed by atoms with Crippen molar-refractivity contribution in [3.63, 3.8) is 0 Å². The molecule has 0 atom stereocenters. The topological polar surface area (TPSA) is 26.0 Å². The van der Waals surface area contributed by atoms with Crippen LogP contribution in [0, 0.1) is 18.6 Å². The zero-order chi connectivity index (χ0) is 8.43. The molecule has 0 aliphatic heterocycles. The summed E-state index contributed by atoms with van der Waals surface area (Å²) in [6.07, 6.45) is 0. The van der Waals surface area contributed by atoms with E-state index in [2.05, 4.69) is 0 Å². The fourth-order valence-corrected chi connectivity index (χ4v) is 0.907. The van der Waals surface area contributed by atoms with Gasteiger partial charge in [-0.05, 0) is 30.2 Å². The second kappa shape index (κ2) is 4.38. The van der Waals surface area contributed by atoms with Crippen molar-refractivity contribution in [3.8, 4) is 0 Å². The van der Waals surface area contributed by atoms with Crippen LogP contribution in [0.15, 0.2) is 12.1 Å². The van der Waals surface area contributed by atoms with E-state index >= 15 is 0 Å². The van der Waals surface area contributed by atoms with Crippen molar-refractivity contribution in [2.75, 3.05) is 0 Å². The van der Waals surface area contributed by atoms with Crippen LogP contribution >= 0.6 is 12.4 Å². The fraction of sp³-hybridized carbons (Fsp3) is 0.250. The molecule has 0 unspecified atom stereocenters. The third kappa shape index (κ3) is 2.16. The lowest BCUT2D eigenvalue weighted by Gasteiger charge is -2.02. The van der Waals surface area contributed by atoms with Gasteiger partial charge in [-0.1, -0.05) is 0 Å². The summed E-state index contributed by atoms with van der Waals surface area (Å²) in [7, 11) is 0. The summed E-state index contributed by atoms with van der Waals surface area (Å²) >= 11 is 0. The Morgan fingerprint density at radius 1 is 1.25 bits per heavy atom. The molecule has 0 fully saturated rings. The lowest BCUT2D eigenvalue weighted by molar-refractivity contribution is 0.506. The van der Waals surface area contributed by atoms with Crippen LogP contribution in [0.5, 0.6) is 0 Å². The summed E-state index contributed by atoms with van der Waals surface area (Å²) in [4.78, 5) is 0. The minimum atomic E-state index is -0.837. The molecule has 4 heteroatoms. The number of aryl methyl sites for hydroxylation is 1. The number of rotatable bonds is 1.